The molecule has 1 saturated heterocycles. The Hall–Kier alpha value is -3.21. The first-order chi connectivity index (χ1) is 19.7. The highest BCUT2D eigenvalue weighted by molar-refractivity contribution is 7.88. The van der Waals surface area contributed by atoms with Crippen LogP contribution in [-0.2, 0) is 10.0 Å². The molecule has 2 heterocycles. The van der Waals surface area contributed by atoms with Gasteiger partial charge in [0.25, 0.3) is 5.91 Å². The van der Waals surface area contributed by atoms with Crippen molar-refractivity contribution in [3.8, 4) is 17.0 Å². The lowest BCUT2D eigenvalue weighted by Gasteiger charge is -2.36. The summed E-state index contributed by atoms with van der Waals surface area (Å²) in [5.74, 6) is 0.730. The van der Waals surface area contributed by atoms with Crippen molar-refractivity contribution in [2.24, 2.45) is 0 Å². The van der Waals surface area contributed by atoms with E-state index in [2.05, 4.69) is 30.0 Å². The molecule has 41 heavy (non-hydrogen) atoms. The van der Waals surface area contributed by atoms with E-state index in [4.69, 9.17) is 9.72 Å². The molecular formula is C31H41N5O4S. The van der Waals surface area contributed by atoms with Crippen molar-refractivity contribution in [3.63, 3.8) is 0 Å². The maximum absolute atomic E-state index is 14.2. The van der Waals surface area contributed by atoms with Crippen molar-refractivity contribution in [1.29, 1.82) is 0 Å². The first-order valence-electron chi connectivity index (χ1n) is 14.5. The number of ether oxygens (including phenoxy) is 1. The lowest BCUT2D eigenvalue weighted by Crippen LogP contribution is -2.54. The third-order valence-corrected chi connectivity index (χ3v) is 9.04. The number of carbonyl (C=O) groups is 1. The fourth-order valence-electron chi connectivity index (χ4n) is 6.05. The van der Waals surface area contributed by atoms with Crippen LogP contribution in [0.1, 0.15) is 59.8 Å². The molecule has 2 aliphatic rings. The van der Waals surface area contributed by atoms with Gasteiger partial charge >= 0.3 is 0 Å². The van der Waals surface area contributed by atoms with Crippen LogP contribution in [0.4, 0.5) is 0 Å². The monoisotopic (exact) mass is 579 g/mol. The summed E-state index contributed by atoms with van der Waals surface area (Å²) in [5.41, 5.74) is 4.45. The second-order valence-electron chi connectivity index (χ2n) is 11.3. The molecule has 10 heteroatoms. The van der Waals surface area contributed by atoms with Gasteiger partial charge in [-0.2, -0.15) is 0 Å². The van der Waals surface area contributed by atoms with Crippen LogP contribution in [0.25, 0.3) is 11.3 Å². The molecule has 9 nitrogen and oxygen atoms in total. The topological polar surface area (TPSA) is 106 Å². The summed E-state index contributed by atoms with van der Waals surface area (Å²) in [5, 5.41) is 3.43. The zero-order valence-corrected chi connectivity index (χ0v) is 25.0. The van der Waals surface area contributed by atoms with Gasteiger partial charge in [-0.05, 0) is 49.9 Å². The predicted molar refractivity (Wildman–Crippen MR) is 161 cm³/mol. The molecule has 1 amide bonds. The molecule has 220 valence electrons. The molecule has 1 aromatic heterocycles. The number of hydrogen-bond acceptors (Lipinski definition) is 6. The Morgan fingerprint density at radius 2 is 1.88 bits per heavy atom. The number of aryl methyl sites for hydroxylation is 2. The van der Waals surface area contributed by atoms with E-state index in [1.807, 2.05) is 51.9 Å². The molecule has 1 saturated carbocycles. The second kappa shape index (κ2) is 12.8. The highest BCUT2D eigenvalue weighted by Crippen LogP contribution is 2.35. The van der Waals surface area contributed by atoms with E-state index >= 15 is 0 Å². The van der Waals surface area contributed by atoms with Crippen LogP contribution in [0.3, 0.4) is 0 Å². The molecule has 2 aromatic carbocycles. The minimum absolute atomic E-state index is 0.0362. The third-order valence-electron chi connectivity index (χ3n) is 8.31. The third kappa shape index (κ3) is 6.99. The van der Waals surface area contributed by atoms with Crippen molar-refractivity contribution in [3.05, 3.63) is 71.7 Å². The van der Waals surface area contributed by atoms with Gasteiger partial charge in [0.15, 0.2) is 5.69 Å². The van der Waals surface area contributed by atoms with Crippen molar-refractivity contribution in [1.82, 2.24) is 24.5 Å². The van der Waals surface area contributed by atoms with E-state index in [-0.39, 0.29) is 24.0 Å². The van der Waals surface area contributed by atoms with E-state index in [0.29, 0.717) is 38.4 Å². The smallest absolute Gasteiger partial charge is 0.275 e. The summed E-state index contributed by atoms with van der Waals surface area (Å²) in [6, 6.07) is 15.5. The molecular weight excluding hydrogens is 538 g/mol. The minimum atomic E-state index is -3.39. The van der Waals surface area contributed by atoms with Gasteiger partial charge in [0, 0.05) is 43.7 Å². The van der Waals surface area contributed by atoms with E-state index in [0.717, 1.165) is 42.7 Å². The SMILES string of the molecule is Cc1ccc(OCC[C@@H]2CNCCN2C(=O)c2ncn([C@H]3CCCC[C@@H]3NS(C)(=O)=O)c2-c2ccccc2)cc1C. The summed E-state index contributed by atoms with van der Waals surface area (Å²) in [6.07, 6.45) is 7.11. The van der Waals surface area contributed by atoms with E-state index in [1.54, 1.807) is 6.33 Å². The quantitative estimate of drug-likeness (QED) is 0.396. The lowest BCUT2D eigenvalue weighted by molar-refractivity contribution is 0.0601. The van der Waals surface area contributed by atoms with Gasteiger partial charge < -0.3 is 19.5 Å². The number of piperazine rings is 1. The van der Waals surface area contributed by atoms with Gasteiger partial charge in [0.2, 0.25) is 10.0 Å². The zero-order chi connectivity index (χ0) is 29.0. The average Bonchev–Trinajstić information content (AvgIpc) is 3.40. The fraction of sp³-hybridized carbons (Fsp3) is 0.484. The number of nitrogens with one attached hydrogen (secondary N) is 2. The number of carbonyl (C=O) groups excluding carboxylic acids is 1. The number of aromatic nitrogens is 2. The number of benzene rings is 2. The number of nitrogens with zero attached hydrogens (tertiary/aromatic N) is 3. The predicted octanol–water partition coefficient (Wildman–Crippen LogP) is 4.08. The Labute approximate surface area is 243 Å². The van der Waals surface area contributed by atoms with E-state index in [9.17, 15) is 13.2 Å². The van der Waals surface area contributed by atoms with Crippen LogP contribution >= 0.6 is 0 Å². The second-order valence-corrected chi connectivity index (χ2v) is 13.1. The first kappa shape index (κ1) is 29.3. The number of hydrogen-bond donors (Lipinski definition) is 2. The van der Waals surface area contributed by atoms with Crippen LogP contribution in [-0.4, -0.2) is 73.4 Å². The van der Waals surface area contributed by atoms with Crippen LogP contribution in [0.15, 0.2) is 54.9 Å². The number of sulfonamides is 1. The summed E-state index contributed by atoms with van der Waals surface area (Å²) < 4.78 is 35.3. The molecule has 0 bridgehead atoms. The highest BCUT2D eigenvalue weighted by Gasteiger charge is 2.35. The molecule has 0 unspecified atom stereocenters. The van der Waals surface area contributed by atoms with Crippen molar-refractivity contribution in [2.75, 3.05) is 32.5 Å². The van der Waals surface area contributed by atoms with Crippen LogP contribution in [0.5, 0.6) is 5.75 Å². The van der Waals surface area contributed by atoms with Crippen LogP contribution < -0.4 is 14.8 Å². The Morgan fingerprint density at radius 1 is 1.10 bits per heavy atom. The average molecular weight is 580 g/mol. The van der Waals surface area contributed by atoms with Crippen LogP contribution in [0, 0.1) is 13.8 Å². The Bertz CT molecular complexity index is 1460. The molecule has 0 radical (unpaired) electrons. The van der Waals surface area contributed by atoms with Gasteiger partial charge in [-0.3, -0.25) is 4.79 Å². The van der Waals surface area contributed by atoms with Crippen molar-refractivity contribution < 1.29 is 17.9 Å². The first-order valence-corrected chi connectivity index (χ1v) is 16.4. The molecule has 0 spiro atoms. The molecule has 2 N–H and O–H groups in total. The number of rotatable bonds is 9. The maximum Gasteiger partial charge on any atom is 0.275 e. The van der Waals surface area contributed by atoms with Crippen LogP contribution in [0.2, 0.25) is 0 Å². The molecule has 1 aliphatic carbocycles. The van der Waals surface area contributed by atoms with Gasteiger partial charge in [0.05, 0.1) is 30.9 Å². The van der Waals surface area contributed by atoms with E-state index < -0.39 is 10.0 Å². The molecule has 3 aromatic rings. The number of imidazole rings is 1. The van der Waals surface area contributed by atoms with E-state index in [1.165, 1.54) is 17.4 Å². The molecule has 5 rings (SSSR count). The largest absolute Gasteiger partial charge is 0.494 e. The normalized spacial score (nSPS) is 21.5. The standard InChI is InChI=1S/C31H41N5O4S/c1-22-13-14-26(19-23(22)2)40-18-15-25-20-32-16-17-35(25)31(37)29-30(24-9-5-4-6-10-24)36(21-33-29)28-12-8-7-11-27(28)34-41(3,38)39/h4-6,9-10,13-14,19,21,25,27-28,32,34H,7-8,11-12,15-18,20H2,1-3H3/t25-,27+,28+/m1/s1. The van der Waals surface area contributed by atoms with Gasteiger partial charge in [0.1, 0.15) is 5.75 Å². The maximum atomic E-state index is 14.2. The van der Waals surface area contributed by atoms with Crippen molar-refractivity contribution in [2.45, 2.75) is 64.1 Å². The minimum Gasteiger partial charge on any atom is -0.494 e. The van der Waals surface area contributed by atoms with Gasteiger partial charge in [-0.15, -0.1) is 0 Å². The summed E-state index contributed by atoms with van der Waals surface area (Å²) in [6.45, 7) is 6.63. The van der Waals surface area contributed by atoms with Crippen molar-refractivity contribution >= 4 is 15.9 Å². The Balaban J connectivity index is 1.41. The molecule has 2 fully saturated rings. The Morgan fingerprint density at radius 3 is 2.63 bits per heavy atom. The zero-order valence-electron chi connectivity index (χ0n) is 24.2. The summed E-state index contributed by atoms with van der Waals surface area (Å²) >= 11 is 0. The Kier molecular flexibility index (Phi) is 9.11. The lowest BCUT2D eigenvalue weighted by atomic mass is 9.90. The summed E-state index contributed by atoms with van der Waals surface area (Å²) in [7, 11) is -3.39. The number of amides is 1. The summed E-state index contributed by atoms with van der Waals surface area (Å²) in [4.78, 5) is 20.8. The molecule has 3 atom stereocenters. The highest BCUT2D eigenvalue weighted by atomic mass is 32.2. The van der Waals surface area contributed by atoms with Gasteiger partial charge in [-0.1, -0.05) is 49.2 Å². The fourth-order valence-corrected chi connectivity index (χ4v) is 6.87. The van der Waals surface area contributed by atoms with Gasteiger partial charge in [-0.25, -0.2) is 18.1 Å². The molecule has 1 aliphatic heterocycles.